The Morgan fingerprint density at radius 2 is 2.05 bits per heavy atom. The third-order valence-corrected chi connectivity index (χ3v) is 4.10. The first-order chi connectivity index (χ1) is 10.6. The maximum atomic E-state index is 13.2. The number of alkyl halides is 1. The van der Waals surface area contributed by atoms with Gasteiger partial charge in [-0.3, -0.25) is 9.59 Å². The van der Waals surface area contributed by atoms with Crippen molar-refractivity contribution in [3.05, 3.63) is 35.6 Å². The predicted octanol–water partition coefficient (Wildman–Crippen LogP) is 2.42. The highest BCUT2D eigenvalue weighted by molar-refractivity contribution is 6.17. The molecule has 0 aromatic heterocycles. The Kier molecular flexibility index (Phi) is 6.19. The molecule has 2 amide bonds. The van der Waals surface area contributed by atoms with Gasteiger partial charge in [-0.15, -0.1) is 11.6 Å². The maximum absolute atomic E-state index is 13.2. The quantitative estimate of drug-likeness (QED) is 0.667. The molecule has 1 saturated heterocycles. The van der Waals surface area contributed by atoms with E-state index in [0.29, 0.717) is 43.9 Å². The van der Waals surface area contributed by atoms with Gasteiger partial charge < -0.3 is 10.2 Å². The first kappa shape index (κ1) is 16.7. The van der Waals surface area contributed by atoms with Crippen LogP contribution in [-0.4, -0.2) is 42.2 Å². The van der Waals surface area contributed by atoms with Gasteiger partial charge in [-0.1, -0.05) is 6.07 Å². The largest absolute Gasteiger partial charge is 0.356 e. The van der Waals surface area contributed by atoms with Crippen LogP contribution in [0.2, 0.25) is 0 Å². The van der Waals surface area contributed by atoms with Gasteiger partial charge in [-0.2, -0.15) is 0 Å². The summed E-state index contributed by atoms with van der Waals surface area (Å²) in [6.07, 6.45) is 2.02. The third-order valence-electron chi connectivity index (χ3n) is 3.83. The summed E-state index contributed by atoms with van der Waals surface area (Å²) in [6, 6.07) is 5.69. The molecule has 2 rings (SSSR count). The fourth-order valence-corrected chi connectivity index (χ4v) is 2.71. The van der Waals surface area contributed by atoms with Crippen molar-refractivity contribution in [1.82, 2.24) is 10.2 Å². The lowest BCUT2D eigenvalue weighted by molar-refractivity contribution is -0.126. The molecule has 1 aromatic rings. The lowest BCUT2D eigenvalue weighted by Crippen LogP contribution is -2.43. The zero-order valence-electron chi connectivity index (χ0n) is 12.4. The number of carbonyl (C=O) groups excluding carboxylic acids is 2. The van der Waals surface area contributed by atoms with E-state index < -0.39 is 5.82 Å². The molecule has 6 heteroatoms. The Labute approximate surface area is 134 Å². The van der Waals surface area contributed by atoms with Gasteiger partial charge in [0, 0.05) is 37.0 Å². The number of nitrogens with zero attached hydrogens (tertiary/aromatic N) is 1. The van der Waals surface area contributed by atoms with E-state index in [1.165, 1.54) is 18.2 Å². The fourth-order valence-electron chi connectivity index (χ4n) is 2.57. The summed E-state index contributed by atoms with van der Waals surface area (Å²) in [7, 11) is 0. The second-order valence-electron chi connectivity index (χ2n) is 5.41. The Balaban J connectivity index is 1.84. The number of nitrogens with one attached hydrogen (secondary N) is 1. The van der Waals surface area contributed by atoms with Crippen molar-refractivity contribution < 1.29 is 14.0 Å². The number of hydrogen-bond acceptors (Lipinski definition) is 2. The summed E-state index contributed by atoms with van der Waals surface area (Å²) in [6.45, 7) is 1.62. The van der Waals surface area contributed by atoms with Crippen molar-refractivity contribution in [1.29, 1.82) is 0 Å². The molecule has 0 spiro atoms. The van der Waals surface area contributed by atoms with E-state index in [-0.39, 0.29) is 17.7 Å². The standard InChI is InChI=1S/C16H20ClFN2O2/c17-7-2-8-19-15(21)12-5-9-20(10-6-12)16(22)13-3-1-4-14(18)11-13/h1,3-4,11-12H,2,5-10H2,(H,19,21). The molecule has 0 bridgehead atoms. The Bertz CT molecular complexity index is 531. The molecule has 22 heavy (non-hydrogen) atoms. The number of rotatable bonds is 5. The van der Waals surface area contributed by atoms with E-state index in [2.05, 4.69) is 5.32 Å². The lowest BCUT2D eigenvalue weighted by Gasteiger charge is -2.31. The second kappa shape index (κ2) is 8.13. The molecule has 120 valence electrons. The average molecular weight is 327 g/mol. The molecule has 1 aliphatic rings. The Morgan fingerprint density at radius 3 is 2.68 bits per heavy atom. The average Bonchev–Trinajstić information content (AvgIpc) is 2.54. The molecule has 4 nitrogen and oxygen atoms in total. The van der Waals surface area contributed by atoms with E-state index in [4.69, 9.17) is 11.6 Å². The Hall–Kier alpha value is -1.62. The van der Waals surface area contributed by atoms with Crippen LogP contribution in [-0.2, 0) is 4.79 Å². The van der Waals surface area contributed by atoms with Crippen LogP contribution in [0, 0.1) is 11.7 Å². The van der Waals surface area contributed by atoms with Gasteiger partial charge in [0.1, 0.15) is 5.82 Å². The highest BCUT2D eigenvalue weighted by Gasteiger charge is 2.27. The Morgan fingerprint density at radius 1 is 1.32 bits per heavy atom. The lowest BCUT2D eigenvalue weighted by atomic mass is 9.95. The summed E-state index contributed by atoms with van der Waals surface area (Å²) >= 11 is 5.57. The summed E-state index contributed by atoms with van der Waals surface area (Å²) in [4.78, 5) is 25.9. The van der Waals surface area contributed by atoms with Crippen molar-refractivity contribution in [2.75, 3.05) is 25.5 Å². The number of hydrogen-bond donors (Lipinski definition) is 1. The van der Waals surface area contributed by atoms with Crippen LogP contribution in [0.15, 0.2) is 24.3 Å². The molecular formula is C16H20ClFN2O2. The molecule has 0 unspecified atom stereocenters. The minimum absolute atomic E-state index is 0.0305. The topological polar surface area (TPSA) is 49.4 Å². The van der Waals surface area contributed by atoms with Crippen LogP contribution >= 0.6 is 11.6 Å². The monoisotopic (exact) mass is 326 g/mol. The summed E-state index contributed by atoms with van der Waals surface area (Å²) in [5, 5.41) is 2.86. The van der Waals surface area contributed by atoms with Gasteiger partial charge in [0.25, 0.3) is 5.91 Å². The molecule has 0 saturated carbocycles. The van der Waals surface area contributed by atoms with Crippen LogP contribution in [0.5, 0.6) is 0 Å². The van der Waals surface area contributed by atoms with Gasteiger partial charge in [0.2, 0.25) is 5.91 Å². The van der Waals surface area contributed by atoms with Gasteiger partial charge in [-0.05, 0) is 37.5 Å². The van der Waals surface area contributed by atoms with Crippen LogP contribution in [0.25, 0.3) is 0 Å². The number of halogens is 2. The van der Waals surface area contributed by atoms with Crippen molar-refractivity contribution in [2.24, 2.45) is 5.92 Å². The van der Waals surface area contributed by atoms with E-state index >= 15 is 0 Å². The van der Waals surface area contributed by atoms with Gasteiger partial charge in [0.05, 0.1) is 0 Å². The number of likely N-dealkylation sites (tertiary alicyclic amines) is 1. The van der Waals surface area contributed by atoms with Crippen molar-refractivity contribution in [3.8, 4) is 0 Å². The van der Waals surface area contributed by atoms with Crippen LogP contribution in [0.4, 0.5) is 4.39 Å². The SMILES string of the molecule is O=C(NCCCCl)C1CCN(C(=O)c2cccc(F)c2)CC1. The van der Waals surface area contributed by atoms with Gasteiger partial charge >= 0.3 is 0 Å². The minimum atomic E-state index is -0.417. The highest BCUT2D eigenvalue weighted by Crippen LogP contribution is 2.19. The van der Waals surface area contributed by atoms with Crippen LogP contribution < -0.4 is 5.32 Å². The molecule has 1 heterocycles. The first-order valence-electron chi connectivity index (χ1n) is 7.50. The van der Waals surface area contributed by atoms with E-state index in [1.54, 1.807) is 11.0 Å². The number of benzene rings is 1. The third kappa shape index (κ3) is 4.44. The molecular weight excluding hydrogens is 307 g/mol. The van der Waals surface area contributed by atoms with E-state index in [9.17, 15) is 14.0 Å². The summed E-state index contributed by atoms with van der Waals surface area (Å²) in [5.74, 6) is -0.101. The molecule has 0 radical (unpaired) electrons. The molecule has 1 aromatic carbocycles. The zero-order chi connectivity index (χ0) is 15.9. The van der Waals surface area contributed by atoms with Gasteiger partial charge in [0.15, 0.2) is 0 Å². The van der Waals surface area contributed by atoms with Crippen molar-refractivity contribution in [2.45, 2.75) is 19.3 Å². The predicted molar refractivity (Wildman–Crippen MR) is 83.4 cm³/mol. The number of amides is 2. The number of piperidine rings is 1. The highest BCUT2D eigenvalue weighted by atomic mass is 35.5. The smallest absolute Gasteiger partial charge is 0.253 e. The fraction of sp³-hybridized carbons (Fsp3) is 0.500. The molecule has 0 atom stereocenters. The number of carbonyl (C=O) groups is 2. The van der Waals surface area contributed by atoms with E-state index in [0.717, 1.165) is 6.42 Å². The van der Waals surface area contributed by atoms with Crippen LogP contribution in [0.1, 0.15) is 29.6 Å². The maximum Gasteiger partial charge on any atom is 0.253 e. The van der Waals surface area contributed by atoms with Gasteiger partial charge in [-0.25, -0.2) is 4.39 Å². The van der Waals surface area contributed by atoms with E-state index in [1.807, 2.05) is 0 Å². The minimum Gasteiger partial charge on any atom is -0.356 e. The normalized spacial score (nSPS) is 15.6. The van der Waals surface area contributed by atoms with Crippen molar-refractivity contribution in [3.63, 3.8) is 0 Å². The molecule has 1 aliphatic heterocycles. The summed E-state index contributed by atoms with van der Waals surface area (Å²) in [5.41, 5.74) is 0.352. The molecule has 0 aliphatic carbocycles. The molecule has 1 fully saturated rings. The van der Waals surface area contributed by atoms with Crippen molar-refractivity contribution >= 4 is 23.4 Å². The zero-order valence-corrected chi connectivity index (χ0v) is 13.1. The van der Waals surface area contributed by atoms with Crippen LogP contribution in [0.3, 0.4) is 0 Å². The second-order valence-corrected chi connectivity index (χ2v) is 5.79. The summed E-state index contributed by atoms with van der Waals surface area (Å²) < 4.78 is 13.2. The first-order valence-corrected chi connectivity index (χ1v) is 8.04. The molecule has 1 N–H and O–H groups in total.